The number of nitrogens with two attached hydrogens (primary N) is 1. The van der Waals surface area contributed by atoms with E-state index in [4.69, 9.17) is 10.5 Å². The molecule has 3 heteroatoms. The third-order valence-corrected chi connectivity index (χ3v) is 2.43. The highest BCUT2D eigenvalue weighted by Gasteiger charge is 2.08. The van der Waals surface area contributed by atoms with Crippen LogP contribution in [0.2, 0.25) is 0 Å². The van der Waals surface area contributed by atoms with Gasteiger partial charge in [0.25, 0.3) is 0 Å². The first-order valence-corrected chi connectivity index (χ1v) is 4.17. The minimum absolute atomic E-state index is 0.107. The van der Waals surface area contributed by atoms with Gasteiger partial charge in [-0.2, -0.15) is 0 Å². The molecular weight excluding hydrogens is 158 g/mol. The van der Waals surface area contributed by atoms with E-state index in [0.717, 1.165) is 10.6 Å². The van der Waals surface area contributed by atoms with Crippen LogP contribution in [0.3, 0.4) is 0 Å². The van der Waals surface area contributed by atoms with Gasteiger partial charge in [-0.15, -0.1) is 17.9 Å². The molecule has 0 aliphatic carbocycles. The highest BCUT2D eigenvalue weighted by molar-refractivity contribution is 7.10. The lowest BCUT2D eigenvalue weighted by Gasteiger charge is -2.05. The van der Waals surface area contributed by atoms with Crippen molar-refractivity contribution in [3.63, 3.8) is 0 Å². The summed E-state index contributed by atoms with van der Waals surface area (Å²) in [6, 6.07) is 1.80. The van der Waals surface area contributed by atoms with Crippen molar-refractivity contribution in [2.24, 2.45) is 5.73 Å². The first-order chi connectivity index (χ1) is 5.29. The summed E-state index contributed by atoms with van der Waals surface area (Å²) in [4.78, 5) is 1.03. The van der Waals surface area contributed by atoms with E-state index in [1.54, 1.807) is 24.5 Å². The maximum atomic E-state index is 5.73. The van der Waals surface area contributed by atoms with Crippen LogP contribution in [0.15, 0.2) is 24.1 Å². The van der Waals surface area contributed by atoms with Crippen molar-refractivity contribution in [2.45, 2.75) is 6.04 Å². The van der Waals surface area contributed by atoms with Gasteiger partial charge in [-0.3, -0.25) is 0 Å². The number of methoxy groups -OCH3 is 1. The molecule has 0 spiro atoms. The van der Waals surface area contributed by atoms with Crippen LogP contribution < -0.4 is 10.5 Å². The molecule has 0 amide bonds. The summed E-state index contributed by atoms with van der Waals surface area (Å²) in [7, 11) is 1.64. The zero-order valence-corrected chi connectivity index (χ0v) is 7.23. The molecule has 1 rings (SSSR count). The second kappa shape index (κ2) is 3.55. The number of thiophene rings is 1. The fourth-order valence-corrected chi connectivity index (χ4v) is 1.69. The molecule has 0 radical (unpaired) electrons. The van der Waals surface area contributed by atoms with Crippen molar-refractivity contribution in [1.29, 1.82) is 0 Å². The number of hydrogen-bond donors (Lipinski definition) is 1. The predicted octanol–water partition coefficient (Wildman–Crippen LogP) is 1.94. The van der Waals surface area contributed by atoms with Gasteiger partial charge >= 0.3 is 0 Å². The van der Waals surface area contributed by atoms with Crippen LogP contribution in [0.25, 0.3) is 0 Å². The molecule has 0 saturated heterocycles. The van der Waals surface area contributed by atoms with Crippen molar-refractivity contribution in [3.8, 4) is 5.75 Å². The van der Waals surface area contributed by atoms with E-state index < -0.39 is 0 Å². The molecule has 1 aromatic heterocycles. The van der Waals surface area contributed by atoms with Crippen molar-refractivity contribution in [3.05, 3.63) is 29.0 Å². The molecule has 0 fully saturated rings. The van der Waals surface area contributed by atoms with Gasteiger partial charge in [-0.1, -0.05) is 6.08 Å². The normalized spacial score (nSPS) is 12.5. The second-order valence-electron chi connectivity index (χ2n) is 2.11. The Morgan fingerprint density at radius 3 is 3.09 bits per heavy atom. The number of ether oxygens (including phenoxy) is 1. The van der Waals surface area contributed by atoms with Gasteiger partial charge in [-0.25, -0.2) is 0 Å². The predicted molar refractivity (Wildman–Crippen MR) is 48.0 cm³/mol. The molecule has 0 bridgehead atoms. The van der Waals surface area contributed by atoms with Gasteiger partial charge in [0.2, 0.25) is 0 Å². The van der Waals surface area contributed by atoms with Crippen LogP contribution in [-0.2, 0) is 0 Å². The fraction of sp³-hybridized carbons (Fsp3) is 0.250. The average molecular weight is 169 g/mol. The second-order valence-corrected chi connectivity index (χ2v) is 3.06. The van der Waals surface area contributed by atoms with Gasteiger partial charge in [0, 0.05) is 0 Å². The first kappa shape index (κ1) is 8.30. The standard InChI is InChI=1S/C8H11NOS/c1-3-6(9)8-7(10-2)4-5-11-8/h3-6H,1,9H2,2H3/t6-/m1/s1. The van der Waals surface area contributed by atoms with Crippen molar-refractivity contribution in [2.75, 3.05) is 7.11 Å². The molecule has 0 aromatic carbocycles. The highest BCUT2D eigenvalue weighted by atomic mass is 32.1. The minimum Gasteiger partial charge on any atom is -0.496 e. The minimum atomic E-state index is -0.107. The van der Waals surface area contributed by atoms with E-state index in [1.807, 2.05) is 11.4 Å². The SMILES string of the molecule is C=C[C@@H](N)c1sccc1OC. The third kappa shape index (κ3) is 1.61. The maximum Gasteiger partial charge on any atom is 0.134 e. The van der Waals surface area contributed by atoms with E-state index in [0.29, 0.717) is 0 Å². The Kier molecular flexibility index (Phi) is 2.68. The van der Waals surface area contributed by atoms with E-state index in [2.05, 4.69) is 6.58 Å². The van der Waals surface area contributed by atoms with E-state index >= 15 is 0 Å². The highest BCUT2D eigenvalue weighted by Crippen LogP contribution is 2.29. The third-order valence-electron chi connectivity index (χ3n) is 1.43. The van der Waals surface area contributed by atoms with Crippen LogP contribution in [-0.4, -0.2) is 7.11 Å². The molecule has 0 unspecified atom stereocenters. The van der Waals surface area contributed by atoms with E-state index in [-0.39, 0.29) is 6.04 Å². The molecule has 1 aromatic rings. The molecule has 2 N–H and O–H groups in total. The molecule has 0 aliphatic rings. The Balaban J connectivity index is 2.91. The number of hydrogen-bond acceptors (Lipinski definition) is 3. The van der Waals surface area contributed by atoms with Gasteiger partial charge in [0.15, 0.2) is 0 Å². The molecule has 0 saturated carbocycles. The zero-order chi connectivity index (χ0) is 8.27. The monoisotopic (exact) mass is 169 g/mol. The lowest BCUT2D eigenvalue weighted by molar-refractivity contribution is 0.411. The largest absolute Gasteiger partial charge is 0.496 e. The molecule has 1 atom stereocenters. The summed E-state index contributed by atoms with van der Waals surface area (Å²) in [5.41, 5.74) is 5.73. The zero-order valence-electron chi connectivity index (χ0n) is 6.41. The summed E-state index contributed by atoms with van der Waals surface area (Å²) in [5, 5.41) is 1.96. The topological polar surface area (TPSA) is 35.2 Å². The average Bonchev–Trinajstić information content (AvgIpc) is 2.50. The van der Waals surface area contributed by atoms with Crippen LogP contribution >= 0.6 is 11.3 Å². The van der Waals surface area contributed by atoms with Crippen LogP contribution in [0, 0.1) is 0 Å². The van der Waals surface area contributed by atoms with Crippen molar-refractivity contribution in [1.82, 2.24) is 0 Å². The molecule has 2 nitrogen and oxygen atoms in total. The first-order valence-electron chi connectivity index (χ1n) is 3.29. The van der Waals surface area contributed by atoms with Crippen molar-refractivity contribution >= 4 is 11.3 Å². The van der Waals surface area contributed by atoms with Crippen LogP contribution in [0.4, 0.5) is 0 Å². The van der Waals surface area contributed by atoms with E-state index in [1.165, 1.54) is 0 Å². The summed E-state index contributed by atoms with van der Waals surface area (Å²) < 4.78 is 5.09. The molecule has 1 heterocycles. The maximum absolute atomic E-state index is 5.73. The number of rotatable bonds is 3. The Morgan fingerprint density at radius 1 is 1.82 bits per heavy atom. The van der Waals surface area contributed by atoms with Gasteiger partial charge < -0.3 is 10.5 Å². The Morgan fingerprint density at radius 2 is 2.55 bits per heavy atom. The Bertz CT molecular complexity index is 244. The van der Waals surface area contributed by atoms with Crippen LogP contribution in [0.1, 0.15) is 10.9 Å². The summed E-state index contributed by atoms with van der Waals surface area (Å²) in [6.45, 7) is 3.62. The van der Waals surface area contributed by atoms with Gasteiger partial charge in [0.05, 0.1) is 18.0 Å². The summed E-state index contributed by atoms with van der Waals surface area (Å²) in [5.74, 6) is 0.849. The fourth-order valence-electron chi connectivity index (χ4n) is 0.828. The molecule has 60 valence electrons. The lowest BCUT2D eigenvalue weighted by Crippen LogP contribution is -2.05. The van der Waals surface area contributed by atoms with Gasteiger partial charge in [-0.05, 0) is 11.4 Å². The lowest BCUT2D eigenvalue weighted by atomic mass is 10.2. The summed E-state index contributed by atoms with van der Waals surface area (Å²) in [6.07, 6.45) is 1.70. The van der Waals surface area contributed by atoms with Crippen molar-refractivity contribution < 1.29 is 4.74 Å². The molecule has 11 heavy (non-hydrogen) atoms. The van der Waals surface area contributed by atoms with Gasteiger partial charge in [0.1, 0.15) is 5.75 Å². The summed E-state index contributed by atoms with van der Waals surface area (Å²) >= 11 is 1.59. The van der Waals surface area contributed by atoms with E-state index in [9.17, 15) is 0 Å². The molecular formula is C8H11NOS. The smallest absolute Gasteiger partial charge is 0.134 e. The Hall–Kier alpha value is -0.800. The quantitative estimate of drug-likeness (QED) is 0.702. The Labute approximate surface area is 70.3 Å². The van der Waals surface area contributed by atoms with Crippen LogP contribution in [0.5, 0.6) is 5.75 Å². The molecule has 0 aliphatic heterocycles.